The summed E-state index contributed by atoms with van der Waals surface area (Å²) in [6.45, 7) is 5.74. The Labute approximate surface area is 164 Å². The number of aryl methyl sites for hydroxylation is 2. The number of hydrogen-bond donors (Lipinski definition) is 0. The van der Waals surface area contributed by atoms with Crippen LogP contribution in [0.4, 0.5) is 5.69 Å². The highest BCUT2D eigenvalue weighted by Gasteiger charge is 2.30. The van der Waals surface area contributed by atoms with Gasteiger partial charge in [-0.05, 0) is 44.7 Å². The predicted octanol–water partition coefficient (Wildman–Crippen LogP) is 2.94. The van der Waals surface area contributed by atoms with Gasteiger partial charge in [0.1, 0.15) is 5.75 Å². The lowest BCUT2D eigenvalue weighted by Crippen LogP contribution is -2.47. The van der Waals surface area contributed by atoms with Crippen molar-refractivity contribution in [2.75, 3.05) is 33.2 Å². The van der Waals surface area contributed by atoms with Crippen molar-refractivity contribution < 1.29 is 18.1 Å². The molecule has 1 aliphatic rings. The number of benzene rings is 2. The van der Waals surface area contributed by atoms with Gasteiger partial charge in [-0.15, -0.1) is 0 Å². The Bertz CT molecular complexity index is 999. The van der Waals surface area contributed by atoms with Gasteiger partial charge in [-0.25, -0.2) is 8.42 Å². The molecule has 0 N–H and O–H groups in total. The molecule has 0 atom stereocenters. The first-order valence-electron chi connectivity index (χ1n) is 8.91. The lowest BCUT2D eigenvalue weighted by molar-refractivity contribution is -0.385. The fourth-order valence-corrected chi connectivity index (χ4v) is 4.54. The molecule has 0 amide bonds. The molecule has 0 aliphatic carbocycles. The lowest BCUT2D eigenvalue weighted by atomic mass is 10.1. The van der Waals surface area contributed by atoms with Gasteiger partial charge in [0.15, 0.2) is 0 Å². The number of piperazine rings is 1. The van der Waals surface area contributed by atoms with Gasteiger partial charge in [-0.1, -0.05) is 17.7 Å². The molecule has 2 aromatic rings. The van der Waals surface area contributed by atoms with E-state index in [0.29, 0.717) is 31.9 Å². The summed E-state index contributed by atoms with van der Waals surface area (Å²) >= 11 is 0. The SMILES string of the molecule is Cc1ccc(Oc2ccc(S(=O)(=O)N3CCN(C)CC3)cc2[N+](=O)[O-])c(C)c1. The van der Waals surface area contributed by atoms with Crippen molar-refractivity contribution in [1.82, 2.24) is 9.21 Å². The molecule has 1 aliphatic heterocycles. The number of nitro groups is 1. The monoisotopic (exact) mass is 405 g/mol. The van der Waals surface area contributed by atoms with Crippen LogP contribution in [0.5, 0.6) is 11.5 Å². The predicted molar refractivity (Wildman–Crippen MR) is 105 cm³/mol. The summed E-state index contributed by atoms with van der Waals surface area (Å²) < 4.78 is 32.8. The van der Waals surface area contributed by atoms with Crippen LogP contribution in [-0.4, -0.2) is 55.8 Å². The van der Waals surface area contributed by atoms with Crippen LogP contribution in [-0.2, 0) is 10.0 Å². The van der Waals surface area contributed by atoms with E-state index in [-0.39, 0.29) is 16.3 Å². The summed E-state index contributed by atoms with van der Waals surface area (Å²) in [5.41, 5.74) is 1.51. The van der Waals surface area contributed by atoms with Crippen molar-refractivity contribution in [3.05, 3.63) is 57.6 Å². The molecule has 0 unspecified atom stereocenters. The van der Waals surface area contributed by atoms with Gasteiger partial charge in [0.05, 0.1) is 9.82 Å². The summed E-state index contributed by atoms with van der Waals surface area (Å²) in [7, 11) is -1.87. The molecule has 0 spiro atoms. The van der Waals surface area contributed by atoms with Crippen LogP contribution in [0.2, 0.25) is 0 Å². The largest absolute Gasteiger partial charge is 0.450 e. The van der Waals surface area contributed by atoms with Crippen LogP contribution in [0.1, 0.15) is 11.1 Å². The molecule has 0 saturated carbocycles. The molecular weight excluding hydrogens is 382 g/mol. The molecule has 8 nitrogen and oxygen atoms in total. The van der Waals surface area contributed by atoms with Crippen molar-refractivity contribution in [1.29, 1.82) is 0 Å². The van der Waals surface area contributed by atoms with E-state index in [1.165, 1.54) is 16.4 Å². The van der Waals surface area contributed by atoms with Crippen LogP contribution in [0.15, 0.2) is 41.3 Å². The van der Waals surface area contributed by atoms with Crippen molar-refractivity contribution >= 4 is 15.7 Å². The van der Waals surface area contributed by atoms with Crippen LogP contribution < -0.4 is 4.74 Å². The Hall–Kier alpha value is -2.49. The van der Waals surface area contributed by atoms with E-state index in [4.69, 9.17) is 4.74 Å². The van der Waals surface area contributed by atoms with E-state index in [2.05, 4.69) is 0 Å². The summed E-state index contributed by atoms with van der Waals surface area (Å²) in [5.74, 6) is 0.498. The first kappa shape index (κ1) is 20.2. The quantitative estimate of drug-likeness (QED) is 0.561. The summed E-state index contributed by atoms with van der Waals surface area (Å²) in [6.07, 6.45) is 0. The molecule has 1 heterocycles. The average Bonchev–Trinajstić information content (AvgIpc) is 2.64. The van der Waals surface area contributed by atoms with Gasteiger partial charge in [0.2, 0.25) is 15.8 Å². The van der Waals surface area contributed by atoms with Gasteiger partial charge in [0.25, 0.3) is 0 Å². The molecule has 0 bridgehead atoms. The summed E-state index contributed by atoms with van der Waals surface area (Å²) in [4.78, 5) is 12.9. The van der Waals surface area contributed by atoms with E-state index >= 15 is 0 Å². The molecule has 9 heteroatoms. The molecular formula is C19H23N3O5S. The topological polar surface area (TPSA) is 93.0 Å². The van der Waals surface area contributed by atoms with Crippen molar-refractivity contribution in [3.8, 4) is 11.5 Å². The third kappa shape index (κ3) is 4.16. The molecule has 0 aromatic heterocycles. The molecule has 0 radical (unpaired) electrons. The number of nitro benzene ring substituents is 1. The van der Waals surface area contributed by atoms with Crippen LogP contribution in [0.3, 0.4) is 0 Å². The zero-order valence-corrected chi connectivity index (χ0v) is 16.9. The fraction of sp³-hybridized carbons (Fsp3) is 0.368. The van der Waals surface area contributed by atoms with E-state index in [9.17, 15) is 18.5 Å². The van der Waals surface area contributed by atoms with Crippen LogP contribution in [0.25, 0.3) is 0 Å². The Kier molecular flexibility index (Phi) is 5.69. The number of ether oxygens (including phenoxy) is 1. The van der Waals surface area contributed by atoms with Gasteiger partial charge < -0.3 is 9.64 Å². The standard InChI is InChI=1S/C19H23N3O5S/c1-14-4-6-18(15(2)12-14)27-19-7-5-16(13-17(19)22(23)24)28(25,26)21-10-8-20(3)9-11-21/h4-7,12-13H,8-11H2,1-3H3. The highest BCUT2D eigenvalue weighted by molar-refractivity contribution is 7.89. The van der Waals surface area contributed by atoms with Crippen molar-refractivity contribution in [2.24, 2.45) is 0 Å². The first-order chi connectivity index (χ1) is 13.2. The van der Waals surface area contributed by atoms with Crippen molar-refractivity contribution in [2.45, 2.75) is 18.7 Å². The molecule has 150 valence electrons. The Morgan fingerprint density at radius 3 is 2.25 bits per heavy atom. The number of sulfonamides is 1. The Morgan fingerprint density at radius 1 is 1.00 bits per heavy atom. The Morgan fingerprint density at radius 2 is 1.64 bits per heavy atom. The van der Waals surface area contributed by atoms with Gasteiger partial charge in [-0.2, -0.15) is 4.31 Å². The van der Waals surface area contributed by atoms with E-state index < -0.39 is 14.9 Å². The lowest BCUT2D eigenvalue weighted by Gasteiger charge is -2.31. The maximum Gasteiger partial charge on any atom is 0.312 e. The highest BCUT2D eigenvalue weighted by Crippen LogP contribution is 2.35. The third-order valence-corrected chi connectivity index (χ3v) is 6.67. The number of nitrogens with zero attached hydrogens (tertiary/aromatic N) is 3. The molecule has 1 saturated heterocycles. The number of rotatable bonds is 5. The maximum absolute atomic E-state index is 12.9. The second kappa shape index (κ2) is 7.86. The van der Waals surface area contributed by atoms with E-state index in [1.54, 1.807) is 6.07 Å². The second-order valence-corrected chi connectivity index (χ2v) is 8.90. The summed E-state index contributed by atoms with van der Waals surface area (Å²) in [5, 5.41) is 11.6. The third-order valence-electron chi connectivity index (χ3n) is 4.78. The first-order valence-corrected chi connectivity index (χ1v) is 10.3. The number of hydrogen-bond acceptors (Lipinski definition) is 6. The normalized spacial score (nSPS) is 16.1. The molecule has 2 aromatic carbocycles. The fourth-order valence-electron chi connectivity index (χ4n) is 3.10. The van der Waals surface area contributed by atoms with E-state index in [1.807, 2.05) is 37.9 Å². The van der Waals surface area contributed by atoms with E-state index in [0.717, 1.165) is 17.2 Å². The van der Waals surface area contributed by atoms with Gasteiger partial charge in [-0.3, -0.25) is 10.1 Å². The Balaban J connectivity index is 1.94. The number of likely N-dealkylation sites (N-methyl/N-ethyl adjacent to an activating group) is 1. The van der Waals surface area contributed by atoms with Crippen LogP contribution >= 0.6 is 0 Å². The smallest absolute Gasteiger partial charge is 0.312 e. The molecule has 1 fully saturated rings. The summed E-state index contributed by atoms with van der Waals surface area (Å²) in [6, 6.07) is 9.28. The maximum atomic E-state index is 12.9. The zero-order valence-electron chi connectivity index (χ0n) is 16.1. The molecule has 3 rings (SSSR count). The minimum Gasteiger partial charge on any atom is -0.450 e. The van der Waals surface area contributed by atoms with Crippen molar-refractivity contribution in [3.63, 3.8) is 0 Å². The molecule has 28 heavy (non-hydrogen) atoms. The minimum absolute atomic E-state index is 0.00859. The second-order valence-electron chi connectivity index (χ2n) is 6.97. The van der Waals surface area contributed by atoms with Crippen LogP contribution in [0, 0.1) is 24.0 Å². The van der Waals surface area contributed by atoms with Gasteiger partial charge >= 0.3 is 5.69 Å². The average molecular weight is 405 g/mol. The van der Waals surface area contributed by atoms with Gasteiger partial charge in [0, 0.05) is 32.2 Å². The highest BCUT2D eigenvalue weighted by atomic mass is 32.2. The zero-order chi connectivity index (χ0) is 20.5. The minimum atomic E-state index is -3.80.